The summed E-state index contributed by atoms with van der Waals surface area (Å²) in [5.74, 6) is 1.15. The number of nitrogens with zero attached hydrogens (tertiary/aromatic N) is 1. The van der Waals surface area contributed by atoms with Crippen LogP contribution in [0.15, 0.2) is 42.5 Å². The molecule has 0 aliphatic carbocycles. The number of fused-ring (bicyclic) bond motifs is 1. The van der Waals surface area contributed by atoms with Gasteiger partial charge in [0.1, 0.15) is 11.5 Å². The summed E-state index contributed by atoms with van der Waals surface area (Å²) in [5.41, 5.74) is 2.87. The van der Waals surface area contributed by atoms with Gasteiger partial charge in [0, 0.05) is 11.1 Å². The average Bonchev–Trinajstić information content (AvgIpc) is 2.86. The molecule has 0 unspecified atom stereocenters. The number of hydrogen-bond donors (Lipinski definition) is 0. The fraction of sp³-hybridized carbons (Fsp3) is 0.167. The van der Waals surface area contributed by atoms with Crippen molar-refractivity contribution in [2.45, 2.75) is 0 Å². The molecule has 0 radical (unpaired) electrons. The Morgan fingerprint density at radius 1 is 1.00 bits per heavy atom. The van der Waals surface area contributed by atoms with Crippen molar-refractivity contribution < 1.29 is 19.1 Å². The van der Waals surface area contributed by atoms with Crippen molar-refractivity contribution in [3.63, 3.8) is 0 Å². The highest BCUT2D eigenvalue weighted by atomic mass is 16.7. The zero-order valence-electron chi connectivity index (χ0n) is 13.2. The summed E-state index contributed by atoms with van der Waals surface area (Å²) in [6.07, 6.45) is 1.79. The van der Waals surface area contributed by atoms with Gasteiger partial charge in [-0.25, -0.2) is 0 Å². The zero-order chi connectivity index (χ0) is 16.4. The van der Waals surface area contributed by atoms with Crippen LogP contribution in [0.5, 0.6) is 11.5 Å². The summed E-state index contributed by atoms with van der Waals surface area (Å²) in [6, 6.07) is 13.0. The van der Waals surface area contributed by atoms with E-state index in [0.717, 1.165) is 16.8 Å². The minimum absolute atomic E-state index is 0.210. The van der Waals surface area contributed by atoms with E-state index in [1.165, 1.54) is 12.2 Å². The number of anilines is 1. The van der Waals surface area contributed by atoms with Gasteiger partial charge in [0.15, 0.2) is 0 Å². The van der Waals surface area contributed by atoms with Crippen LogP contribution in [0.1, 0.15) is 11.1 Å². The molecule has 0 saturated heterocycles. The molecular formula is C18H17NO4. The number of carbonyl (C=O) groups is 1. The number of amides is 1. The first-order chi connectivity index (χ1) is 11.2. The minimum atomic E-state index is -0.210. The largest absolute Gasteiger partial charge is 0.497 e. The maximum absolute atomic E-state index is 12.6. The number of hydroxylamine groups is 1. The molecule has 1 amide bonds. The molecule has 0 bridgehead atoms. The van der Waals surface area contributed by atoms with Gasteiger partial charge in [0.2, 0.25) is 0 Å². The quantitative estimate of drug-likeness (QED) is 0.814. The van der Waals surface area contributed by atoms with E-state index < -0.39 is 0 Å². The van der Waals surface area contributed by atoms with Crippen molar-refractivity contribution in [1.29, 1.82) is 0 Å². The van der Waals surface area contributed by atoms with Crippen LogP contribution in [0.2, 0.25) is 0 Å². The highest BCUT2D eigenvalue weighted by Crippen LogP contribution is 2.39. The lowest BCUT2D eigenvalue weighted by Crippen LogP contribution is -2.24. The molecule has 1 heterocycles. The van der Waals surface area contributed by atoms with Gasteiger partial charge in [0.25, 0.3) is 5.91 Å². The average molecular weight is 311 g/mol. The third-order valence-electron chi connectivity index (χ3n) is 3.75. The number of rotatable bonds is 4. The molecule has 118 valence electrons. The normalized spacial score (nSPS) is 15.0. The van der Waals surface area contributed by atoms with Crippen LogP contribution in [0, 0.1) is 0 Å². The van der Waals surface area contributed by atoms with Crippen molar-refractivity contribution >= 4 is 23.2 Å². The Morgan fingerprint density at radius 2 is 1.78 bits per heavy atom. The Hall–Kier alpha value is -2.79. The highest BCUT2D eigenvalue weighted by Gasteiger charge is 2.32. The molecule has 0 atom stereocenters. The molecule has 0 aromatic heterocycles. The number of carbonyl (C=O) groups excluding carboxylic acids is 1. The fourth-order valence-electron chi connectivity index (χ4n) is 2.64. The first-order valence-electron chi connectivity index (χ1n) is 7.11. The zero-order valence-corrected chi connectivity index (χ0v) is 13.2. The summed E-state index contributed by atoms with van der Waals surface area (Å²) in [7, 11) is 4.67. The Labute approximate surface area is 134 Å². The van der Waals surface area contributed by atoms with Gasteiger partial charge < -0.3 is 9.47 Å². The Morgan fingerprint density at radius 3 is 2.48 bits per heavy atom. The molecule has 0 N–H and O–H groups in total. The smallest absolute Gasteiger partial charge is 0.282 e. The first kappa shape index (κ1) is 15.1. The summed E-state index contributed by atoms with van der Waals surface area (Å²) in [4.78, 5) is 17.8. The molecule has 23 heavy (non-hydrogen) atoms. The molecule has 0 saturated carbocycles. The lowest BCUT2D eigenvalue weighted by atomic mass is 10.0. The van der Waals surface area contributed by atoms with Gasteiger partial charge in [-0.2, -0.15) is 5.06 Å². The molecule has 2 aromatic carbocycles. The molecule has 0 spiro atoms. The predicted molar refractivity (Wildman–Crippen MR) is 88.4 cm³/mol. The predicted octanol–water partition coefficient (Wildman–Crippen LogP) is 3.15. The monoisotopic (exact) mass is 311 g/mol. The van der Waals surface area contributed by atoms with Crippen molar-refractivity contribution in [1.82, 2.24) is 0 Å². The van der Waals surface area contributed by atoms with Crippen molar-refractivity contribution in [3.8, 4) is 11.5 Å². The topological polar surface area (TPSA) is 48.0 Å². The molecule has 1 aliphatic rings. The molecule has 5 heteroatoms. The molecular weight excluding hydrogens is 294 g/mol. The van der Waals surface area contributed by atoms with Gasteiger partial charge in [0.05, 0.1) is 32.6 Å². The van der Waals surface area contributed by atoms with E-state index >= 15 is 0 Å². The number of ether oxygens (including phenoxy) is 2. The van der Waals surface area contributed by atoms with E-state index in [0.29, 0.717) is 17.1 Å². The molecule has 5 nitrogen and oxygen atoms in total. The van der Waals surface area contributed by atoms with E-state index in [2.05, 4.69) is 0 Å². The van der Waals surface area contributed by atoms with Crippen molar-refractivity contribution in [3.05, 3.63) is 53.6 Å². The Bertz CT molecular complexity index is 782. The van der Waals surface area contributed by atoms with Crippen LogP contribution in [0.4, 0.5) is 5.69 Å². The lowest BCUT2D eigenvalue weighted by Gasteiger charge is -2.12. The van der Waals surface area contributed by atoms with Gasteiger partial charge >= 0.3 is 0 Å². The second kappa shape index (κ2) is 6.14. The van der Waals surface area contributed by atoms with Crippen LogP contribution < -0.4 is 14.5 Å². The summed E-state index contributed by atoms with van der Waals surface area (Å²) < 4.78 is 10.6. The van der Waals surface area contributed by atoms with Crippen molar-refractivity contribution in [2.24, 2.45) is 0 Å². The van der Waals surface area contributed by atoms with Crippen LogP contribution >= 0.6 is 0 Å². The van der Waals surface area contributed by atoms with E-state index in [4.69, 9.17) is 14.3 Å². The molecule has 3 rings (SSSR count). The first-order valence-corrected chi connectivity index (χ1v) is 7.11. The number of hydrogen-bond acceptors (Lipinski definition) is 4. The molecule has 2 aromatic rings. The van der Waals surface area contributed by atoms with E-state index in [-0.39, 0.29) is 5.91 Å². The van der Waals surface area contributed by atoms with Gasteiger partial charge in [-0.3, -0.25) is 9.63 Å². The third kappa shape index (κ3) is 2.55. The van der Waals surface area contributed by atoms with Crippen LogP contribution in [-0.4, -0.2) is 27.2 Å². The standard InChI is InChI=1S/C18H17NO4/c1-21-13-8-9-17(22-2)12(10-13)11-15-14-6-4-5-7-16(14)19(23-3)18(15)20/h4-11H,1-3H3. The van der Waals surface area contributed by atoms with Gasteiger partial charge in [-0.15, -0.1) is 0 Å². The van der Waals surface area contributed by atoms with E-state index in [1.807, 2.05) is 42.5 Å². The van der Waals surface area contributed by atoms with E-state index in [1.54, 1.807) is 20.3 Å². The van der Waals surface area contributed by atoms with Gasteiger partial charge in [-0.05, 0) is 30.3 Å². The van der Waals surface area contributed by atoms with Gasteiger partial charge in [-0.1, -0.05) is 18.2 Å². The second-order valence-electron chi connectivity index (χ2n) is 4.97. The van der Waals surface area contributed by atoms with Crippen molar-refractivity contribution in [2.75, 3.05) is 26.4 Å². The van der Waals surface area contributed by atoms with E-state index in [9.17, 15) is 4.79 Å². The minimum Gasteiger partial charge on any atom is -0.497 e. The number of para-hydroxylation sites is 1. The van der Waals surface area contributed by atoms with Crippen LogP contribution in [0.3, 0.4) is 0 Å². The summed E-state index contributed by atoms with van der Waals surface area (Å²) in [5, 5.41) is 1.29. The maximum atomic E-state index is 12.6. The number of methoxy groups -OCH3 is 2. The Kier molecular flexibility index (Phi) is 4.04. The second-order valence-corrected chi connectivity index (χ2v) is 4.97. The highest BCUT2D eigenvalue weighted by molar-refractivity contribution is 6.35. The SMILES string of the molecule is COc1ccc(OC)c(C=C2C(=O)N(OC)c3ccccc32)c1. The summed E-state index contributed by atoms with van der Waals surface area (Å²) in [6.45, 7) is 0. The molecule has 1 aliphatic heterocycles. The Balaban J connectivity index is 2.15. The summed E-state index contributed by atoms with van der Waals surface area (Å²) >= 11 is 0. The maximum Gasteiger partial charge on any atom is 0.282 e. The third-order valence-corrected chi connectivity index (χ3v) is 3.75. The lowest BCUT2D eigenvalue weighted by molar-refractivity contribution is -0.118. The fourth-order valence-corrected chi connectivity index (χ4v) is 2.64. The molecule has 0 fully saturated rings. The van der Waals surface area contributed by atoms with Crippen LogP contribution in [0.25, 0.3) is 11.6 Å². The number of benzene rings is 2. The van der Waals surface area contributed by atoms with Crippen LogP contribution in [-0.2, 0) is 9.63 Å².